The molecule has 1 amide bonds. The fraction of sp³-hybridized carbons (Fsp3) is 0.0714. The minimum Gasteiger partial charge on any atom is -0.319 e. The highest BCUT2D eigenvalue weighted by molar-refractivity contribution is 6.17. The standard InChI is InChI=1S/C14H9ClF3NO/c15-7-8-2-1-3-9(6-8)14(20)19-11-5-4-10(16)12(17)13(11)18/h1-6H,7H2,(H,19,20). The lowest BCUT2D eigenvalue weighted by Gasteiger charge is -2.08. The SMILES string of the molecule is O=C(Nc1ccc(F)c(F)c1F)c1cccc(CCl)c1. The normalized spacial score (nSPS) is 10.4. The number of carbonyl (C=O) groups excluding carboxylic acids is 1. The lowest BCUT2D eigenvalue weighted by molar-refractivity contribution is 0.102. The predicted octanol–water partition coefficient (Wildman–Crippen LogP) is 4.10. The van der Waals surface area contributed by atoms with Crippen molar-refractivity contribution < 1.29 is 18.0 Å². The second-order valence-electron chi connectivity index (χ2n) is 4.01. The number of rotatable bonds is 3. The molecule has 0 saturated heterocycles. The van der Waals surface area contributed by atoms with Crippen molar-refractivity contribution in [3.05, 3.63) is 65.0 Å². The van der Waals surface area contributed by atoms with Crippen LogP contribution in [0.5, 0.6) is 0 Å². The highest BCUT2D eigenvalue weighted by Gasteiger charge is 2.16. The number of hydrogen-bond acceptors (Lipinski definition) is 1. The van der Waals surface area contributed by atoms with Crippen LogP contribution in [0.4, 0.5) is 18.9 Å². The van der Waals surface area contributed by atoms with E-state index in [-0.39, 0.29) is 11.4 Å². The monoisotopic (exact) mass is 299 g/mol. The molecule has 0 saturated carbocycles. The number of nitrogens with one attached hydrogen (secondary N) is 1. The molecule has 0 unspecified atom stereocenters. The van der Waals surface area contributed by atoms with Crippen LogP contribution < -0.4 is 5.32 Å². The maximum atomic E-state index is 13.4. The van der Waals surface area contributed by atoms with Crippen LogP contribution >= 0.6 is 11.6 Å². The fourth-order valence-electron chi connectivity index (χ4n) is 1.61. The van der Waals surface area contributed by atoms with Gasteiger partial charge < -0.3 is 5.32 Å². The molecule has 0 aliphatic carbocycles. The third-order valence-corrected chi connectivity index (χ3v) is 2.94. The molecule has 0 aliphatic rings. The van der Waals surface area contributed by atoms with Crippen LogP contribution in [-0.4, -0.2) is 5.91 Å². The third kappa shape index (κ3) is 2.93. The Balaban J connectivity index is 2.25. The van der Waals surface area contributed by atoms with Crippen molar-refractivity contribution in [2.24, 2.45) is 0 Å². The summed E-state index contributed by atoms with van der Waals surface area (Å²) >= 11 is 5.64. The van der Waals surface area contributed by atoms with Gasteiger partial charge in [-0.1, -0.05) is 12.1 Å². The number of hydrogen-bond donors (Lipinski definition) is 1. The van der Waals surface area contributed by atoms with Crippen LogP contribution in [0, 0.1) is 17.5 Å². The van der Waals surface area contributed by atoms with Gasteiger partial charge in [0.05, 0.1) is 5.69 Å². The zero-order chi connectivity index (χ0) is 14.7. The average Bonchev–Trinajstić information content (AvgIpc) is 2.48. The zero-order valence-corrected chi connectivity index (χ0v) is 10.8. The molecular formula is C14H9ClF3NO. The van der Waals surface area contributed by atoms with E-state index in [4.69, 9.17) is 11.6 Å². The molecule has 2 rings (SSSR count). The summed E-state index contributed by atoms with van der Waals surface area (Å²) in [5.41, 5.74) is 0.530. The molecule has 2 nitrogen and oxygen atoms in total. The Kier molecular flexibility index (Phi) is 4.29. The van der Waals surface area contributed by atoms with Gasteiger partial charge in [0, 0.05) is 11.4 Å². The van der Waals surface area contributed by atoms with Gasteiger partial charge in [-0.25, -0.2) is 13.2 Å². The van der Waals surface area contributed by atoms with E-state index in [1.807, 2.05) is 0 Å². The van der Waals surface area contributed by atoms with E-state index in [9.17, 15) is 18.0 Å². The molecule has 104 valence electrons. The molecular weight excluding hydrogens is 291 g/mol. The van der Waals surface area contributed by atoms with Crippen LogP contribution in [0.15, 0.2) is 36.4 Å². The first kappa shape index (κ1) is 14.4. The molecule has 0 fully saturated rings. The molecule has 0 radical (unpaired) electrons. The van der Waals surface area contributed by atoms with Gasteiger partial charge in [-0.3, -0.25) is 4.79 Å². The van der Waals surface area contributed by atoms with Crippen molar-refractivity contribution in [1.29, 1.82) is 0 Å². The summed E-state index contributed by atoms with van der Waals surface area (Å²) in [4.78, 5) is 11.9. The van der Waals surface area contributed by atoms with Crippen molar-refractivity contribution in [2.75, 3.05) is 5.32 Å². The molecule has 0 bridgehead atoms. The molecule has 20 heavy (non-hydrogen) atoms. The molecule has 0 spiro atoms. The van der Waals surface area contributed by atoms with Gasteiger partial charge in [-0.15, -0.1) is 11.6 Å². The van der Waals surface area contributed by atoms with E-state index in [1.165, 1.54) is 12.1 Å². The second-order valence-corrected chi connectivity index (χ2v) is 4.28. The summed E-state index contributed by atoms with van der Waals surface area (Å²) in [5.74, 6) is -4.80. The van der Waals surface area contributed by atoms with Crippen LogP contribution in [0.25, 0.3) is 0 Å². The number of alkyl halides is 1. The number of benzene rings is 2. The summed E-state index contributed by atoms with van der Waals surface area (Å²) < 4.78 is 39.3. The van der Waals surface area contributed by atoms with Crippen LogP contribution in [0.2, 0.25) is 0 Å². The topological polar surface area (TPSA) is 29.1 Å². The van der Waals surface area contributed by atoms with E-state index < -0.39 is 29.0 Å². The molecule has 0 heterocycles. The Morgan fingerprint density at radius 2 is 1.85 bits per heavy atom. The molecule has 6 heteroatoms. The van der Waals surface area contributed by atoms with E-state index in [2.05, 4.69) is 5.32 Å². The summed E-state index contributed by atoms with van der Waals surface area (Å²) in [6, 6.07) is 8.07. The summed E-state index contributed by atoms with van der Waals surface area (Å²) in [7, 11) is 0. The van der Waals surface area contributed by atoms with Crippen LogP contribution in [-0.2, 0) is 5.88 Å². The van der Waals surface area contributed by atoms with E-state index >= 15 is 0 Å². The van der Waals surface area contributed by atoms with E-state index in [0.717, 1.165) is 12.1 Å². The first-order valence-electron chi connectivity index (χ1n) is 5.62. The maximum absolute atomic E-state index is 13.4. The van der Waals surface area contributed by atoms with E-state index in [1.54, 1.807) is 12.1 Å². The molecule has 0 aliphatic heterocycles. The van der Waals surface area contributed by atoms with Crippen molar-refractivity contribution in [3.8, 4) is 0 Å². The number of halogens is 4. The molecule has 0 aromatic heterocycles. The maximum Gasteiger partial charge on any atom is 0.255 e. The largest absolute Gasteiger partial charge is 0.319 e. The van der Waals surface area contributed by atoms with Crippen LogP contribution in [0.1, 0.15) is 15.9 Å². The van der Waals surface area contributed by atoms with Gasteiger partial charge in [0.25, 0.3) is 5.91 Å². The lowest BCUT2D eigenvalue weighted by Crippen LogP contribution is -2.14. The number of amides is 1. The summed E-state index contributed by atoms with van der Waals surface area (Å²) in [6.45, 7) is 0. The molecule has 0 atom stereocenters. The molecule has 1 N–H and O–H groups in total. The fourth-order valence-corrected chi connectivity index (χ4v) is 1.78. The van der Waals surface area contributed by atoms with Gasteiger partial charge in [0.15, 0.2) is 17.5 Å². The smallest absolute Gasteiger partial charge is 0.255 e. The van der Waals surface area contributed by atoms with Gasteiger partial charge in [-0.05, 0) is 29.8 Å². The quantitative estimate of drug-likeness (QED) is 0.671. The summed E-state index contributed by atoms with van der Waals surface area (Å²) in [6.07, 6.45) is 0. The third-order valence-electron chi connectivity index (χ3n) is 2.63. The van der Waals surface area contributed by atoms with Crippen molar-refractivity contribution in [1.82, 2.24) is 0 Å². The average molecular weight is 300 g/mol. The lowest BCUT2D eigenvalue weighted by atomic mass is 10.1. The Bertz CT molecular complexity index is 661. The van der Waals surface area contributed by atoms with Gasteiger partial charge in [-0.2, -0.15) is 0 Å². The number of anilines is 1. The van der Waals surface area contributed by atoms with Crippen LogP contribution in [0.3, 0.4) is 0 Å². The minimum atomic E-state index is -1.63. The van der Waals surface area contributed by atoms with Crippen molar-refractivity contribution in [3.63, 3.8) is 0 Å². The summed E-state index contributed by atoms with van der Waals surface area (Å²) in [5, 5.41) is 2.18. The first-order chi connectivity index (χ1) is 9.52. The van der Waals surface area contributed by atoms with E-state index in [0.29, 0.717) is 5.56 Å². The Hall–Kier alpha value is -2.01. The predicted molar refractivity (Wildman–Crippen MR) is 70.3 cm³/mol. The van der Waals surface area contributed by atoms with Gasteiger partial charge in [0.1, 0.15) is 0 Å². The second kappa shape index (κ2) is 5.96. The Morgan fingerprint density at radius 1 is 1.10 bits per heavy atom. The van der Waals surface area contributed by atoms with Crippen molar-refractivity contribution in [2.45, 2.75) is 5.88 Å². The Labute approximate surface area is 118 Å². The Morgan fingerprint density at radius 3 is 2.55 bits per heavy atom. The minimum absolute atomic E-state index is 0.223. The number of carbonyl (C=O) groups is 1. The highest BCUT2D eigenvalue weighted by Crippen LogP contribution is 2.20. The molecule has 2 aromatic rings. The first-order valence-corrected chi connectivity index (χ1v) is 6.16. The van der Waals surface area contributed by atoms with Gasteiger partial charge >= 0.3 is 0 Å². The zero-order valence-electron chi connectivity index (χ0n) is 10.1. The van der Waals surface area contributed by atoms with Crippen molar-refractivity contribution >= 4 is 23.2 Å². The molecule has 2 aromatic carbocycles. The highest BCUT2D eigenvalue weighted by atomic mass is 35.5. The van der Waals surface area contributed by atoms with Gasteiger partial charge in [0.2, 0.25) is 0 Å².